The van der Waals surface area contributed by atoms with Gasteiger partial charge in [0.1, 0.15) is 5.69 Å². The summed E-state index contributed by atoms with van der Waals surface area (Å²) in [5.41, 5.74) is 1.78. The monoisotopic (exact) mass is 480 g/mol. The third-order valence-electron chi connectivity index (χ3n) is 5.86. The van der Waals surface area contributed by atoms with E-state index in [1.807, 2.05) is 42.5 Å². The molecule has 3 heterocycles. The quantitative estimate of drug-likeness (QED) is 0.475. The molecule has 5 rings (SSSR count). The first-order chi connectivity index (χ1) is 15.7. The predicted octanol–water partition coefficient (Wildman–Crippen LogP) is 4.05. The van der Waals surface area contributed by atoms with E-state index in [-0.39, 0.29) is 17.4 Å². The molecule has 1 N–H and O–H groups in total. The third-order valence-corrected chi connectivity index (χ3v) is 8.09. The van der Waals surface area contributed by atoms with E-state index < -0.39 is 15.4 Å². The van der Waals surface area contributed by atoms with Gasteiger partial charge in [0.25, 0.3) is 5.91 Å². The number of nitrogens with one attached hydrogen (secondary N) is 1. The molecule has 1 amide bonds. The number of benzene rings is 2. The molecule has 1 saturated heterocycles. The van der Waals surface area contributed by atoms with Gasteiger partial charge >= 0.3 is 0 Å². The summed E-state index contributed by atoms with van der Waals surface area (Å²) in [6.07, 6.45) is 2.07. The van der Waals surface area contributed by atoms with Gasteiger partial charge in [0, 0.05) is 22.7 Å². The van der Waals surface area contributed by atoms with Crippen LogP contribution in [0.5, 0.6) is 0 Å². The van der Waals surface area contributed by atoms with Gasteiger partial charge in [-0.3, -0.25) is 4.79 Å². The zero-order chi connectivity index (χ0) is 23.2. The van der Waals surface area contributed by atoms with E-state index in [2.05, 4.69) is 10.3 Å². The van der Waals surface area contributed by atoms with Crippen LogP contribution in [0.25, 0.3) is 28.0 Å². The summed E-state index contributed by atoms with van der Waals surface area (Å²) in [6.45, 7) is 1.77. The lowest BCUT2D eigenvalue weighted by Gasteiger charge is -2.23. The summed E-state index contributed by atoms with van der Waals surface area (Å²) < 4.78 is 25.5. The minimum absolute atomic E-state index is 0.0590. The summed E-state index contributed by atoms with van der Waals surface area (Å²) in [4.78, 5) is 17.5. The van der Waals surface area contributed by atoms with Crippen molar-refractivity contribution in [1.82, 2.24) is 20.1 Å². The SMILES string of the molecule is C[C@]1(NC(=O)c2ccc3c(-c4ccccc4Cl)nn(-c4ccccn4)c3c2)CCS(=O)(=O)C1. The molecular formula is C24H21ClN4O3S. The van der Waals surface area contributed by atoms with E-state index in [9.17, 15) is 13.2 Å². The average molecular weight is 481 g/mol. The molecule has 0 saturated carbocycles. The molecule has 9 heteroatoms. The molecule has 1 fully saturated rings. The highest BCUT2D eigenvalue weighted by atomic mass is 35.5. The number of hydrogen-bond acceptors (Lipinski definition) is 5. The molecule has 0 aliphatic carbocycles. The van der Waals surface area contributed by atoms with E-state index in [0.717, 1.165) is 10.9 Å². The normalized spacial score (nSPS) is 19.6. The summed E-state index contributed by atoms with van der Waals surface area (Å²) in [7, 11) is -3.14. The summed E-state index contributed by atoms with van der Waals surface area (Å²) in [5.74, 6) is 0.296. The van der Waals surface area contributed by atoms with Crippen LogP contribution in [-0.4, -0.2) is 46.1 Å². The maximum absolute atomic E-state index is 13.1. The van der Waals surface area contributed by atoms with Gasteiger partial charge in [-0.05, 0) is 49.7 Å². The molecular weight excluding hydrogens is 460 g/mol. The second kappa shape index (κ2) is 7.97. The summed E-state index contributed by atoms with van der Waals surface area (Å²) in [6, 6.07) is 18.3. The minimum Gasteiger partial charge on any atom is -0.346 e. The van der Waals surface area contributed by atoms with Gasteiger partial charge < -0.3 is 5.32 Å². The highest BCUT2D eigenvalue weighted by Crippen LogP contribution is 2.34. The lowest BCUT2D eigenvalue weighted by atomic mass is 10.0. The number of sulfone groups is 1. The Morgan fingerprint density at radius 3 is 2.61 bits per heavy atom. The van der Waals surface area contributed by atoms with Crippen molar-refractivity contribution in [2.75, 3.05) is 11.5 Å². The topological polar surface area (TPSA) is 93.9 Å². The highest BCUT2D eigenvalue weighted by Gasteiger charge is 2.39. The predicted molar refractivity (Wildman–Crippen MR) is 128 cm³/mol. The Kier molecular flexibility index (Phi) is 5.22. The first-order valence-electron chi connectivity index (χ1n) is 10.5. The van der Waals surface area contributed by atoms with E-state index in [4.69, 9.17) is 16.7 Å². The van der Waals surface area contributed by atoms with Crippen molar-refractivity contribution >= 4 is 38.2 Å². The van der Waals surface area contributed by atoms with Crippen molar-refractivity contribution in [1.29, 1.82) is 0 Å². The molecule has 168 valence electrons. The molecule has 2 aromatic heterocycles. The Labute approximate surface area is 196 Å². The molecule has 4 aromatic rings. The number of hydrogen-bond donors (Lipinski definition) is 1. The fourth-order valence-electron chi connectivity index (χ4n) is 4.22. The van der Waals surface area contributed by atoms with Crippen molar-refractivity contribution in [3.05, 3.63) is 77.4 Å². The largest absolute Gasteiger partial charge is 0.346 e. The first kappa shape index (κ1) is 21.6. The van der Waals surface area contributed by atoms with E-state index in [1.165, 1.54) is 0 Å². The Bertz CT molecular complexity index is 1480. The summed E-state index contributed by atoms with van der Waals surface area (Å²) in [5, 5.41) is 9.09. The Balaban J connectivity index is 1.61. The minimum atomic E-state index is -3.14. The number of carbonyl (C=O) groups is 1. The first-order valence-corrected chi connectivity index (χ1v) is 12.7. The molecule has 0 spiro atoms. The van der Waals surface area contributed by atoms with Gasteiger partial charge in [-0.15, -0.1) is 0 Å². The zero-order valence-corrected chi connectivity index (χ0v) is 19.4. The van der Waals surface area contributed by atoms with Gasteiger partial charge in [-0.1, -0.05) is 35.9 Å². The van der Waals surface area contributed by atoms with E-state index in [1.54, 1.807) is 36.0 Å². The molecule has 0 bridgehead atoms. The van der Waals surface area contributed by atoms with Crippen molar-refractivity contribution < 1.29 is 13.2 Å². The van der Waals surface area contributed by atoms with E-state index >= 15 is 0 Å². The van der Waals surface area contributed by atoms with Gasteiger partial charge in [-0.2, -0.15) is 5.10 Å². The molecule has 0 unspecified atom stereocenters. The fourth-order valence-corrected chi connectivity index (χ4v) is 6.54. The number of rotatable bonds is 4. The number of pyridine rings is 1. The van der Waals surface area contributed by atoms with Crippen LogP contribution in [0.15, 0.2) is 66.9 Å². The van der Waals surface area contributed by atoms with Crippen LogP contribution in [0.4, 0.5) is 0 Å². The second-order valence-corrected chi connectivity index (χ2v) is 11.1. The lowest BCUT2D eigenvalue weighted by Crippen LogP contribution is -2.46. The van der Waals surface area contributed by atoms with Gasteiger partial charge in [0.15, 0.2) is 15.7 Å². The molecule has 7 nitrogen and oxygen atoms in total. The summed E-state index contributed by atoms with van der Waals surface area (Å²) >= 11 is 6.45. The van der Waals surface area contributed by atoms with Crippen LogP contribution in [0.3, 0.4) is 0 Å². The average Bonchev–Trinajstić information content (AvgIpc) is 3.30. The van der Waals surface area contributed by atoms with Crippen molar-refractivity contribution in [3.8, 4) is 17.1 Å². The van der Waals surface area contributed by atoms with Crippen molar-refractivity contribution in [2.24, 2.45) is 0 Å². The van der Waals surface area contributed by atoms with Crippen LogP contribution < -0.4 is 5.32 Å². The van der Waals surface area contributed by atoms with Crippen LogP contribution in [-0.2, 0) is 9.84 Å². The van der Waals surface area contributed by atoms with Gasteiger partial charge in [0.05, 0.1) is 27.6 Å². The lowest BCUT2D eigenvalue weighted by molar-refractivity contribution is 0.0915. The third kappa shape index (κ3) is 4.12. The van der Waals surface area contributed by atoms with Crippen LogP contribution >= 0.6 is 11.6 Å². The van der Waals surface area contributed by atoms with E-state index in [0.29, 0.717) is 34.0 Å². The molecule has 1 aliphatic heterocycles. The number of amides is 1. The van der Waals surface area contributed by atoms with Crippen molar-refractivity contribution in [2.45, 2.75) is 18.9 Å². The highest BCUT2D eigenvalue weighted by molar-refractivity contribution is 7.91. The number of nitrogens with zero attached hydrogens (tertiary/aromatic N) is 3. The molecule has 2 aromatic carbocycles. The standard InChI is InChI=1S/C24H21ClN4O3S/c1-24(11-13-33(31,32)15-24)27-23(30)16-9-10-18-20(14-16)29(21-8-4-5-12-26-21)28-22(18)17-6-2-3-7-19(17)25/h2-10,12,14H,11,13,15H2,1H3,(H,27,30)/t24-/m0/s1. The Morgan fingerprint density at radius 1 is 1.12 bits per heavy atom. The Hall–Kier alpha value is -3.23. The number of carbonyl (C=O) groups excluding carboxylic acids is 1. The number of halogens is 1. The second-order valence-electron chi connectivity index (χ2n) is 8.52. The smallest absolute Gasteiger partial charge is 0.251 e. The fraction of sp³-hybridized carbons (Fsp3) is 0.208. The van der Waals surface area contributed by atoms with Crippen LogP contribution in [0.1, 0.15) is 23.7 Å². The molecule has 1 atom stereocenters. The van der Waals surface area contributed by atoms with Gasteiger partial charge in [-0.25, -0.2) is 18.1 Å². The molecule has 1 aliphatic rings. The Morgan fingerprint density at radius 2 is 1.91 bits per heavy atom. The zero-order valence-electron chi connectivity index (χ0n) is 17.8. The number of aromatic nitrogens is 3. The molecule has 0 radical (unpaired) electrons. The molecule has 33 heavy (non-hydrogen) atoms. The van der Waals surface area contributed by atoms with Crippen molar-refractivity contribution in [3.63, 3.8) is 0 Å². The maximum Gasteiger partial charge on any atom is 0.251 e. The number of fused-ring (bicyclic) bond motifs is 1. The van der Waals surface area contributed by atoms with Gasteiger partial charge in [0.2, 0.25) is 0 Å². The maximum atomic E-state index is 13.1. The van der Waals surface area contributed by atoms with Crippen LogP contribution in [0.2, 0.25) is 5.02 Å². The van der Waals surface area contributed by atoms with Crippen LogP contribution in [0, 0.1) is 0 Å².